The van der Waals surface area contributed by atoms with E-state index in [0.717, 1.165) is 55.0 Å². The molecule has 4 aliphatic carbocycles. The van der Waals surface area contributed by atoms with E-state index in [1.807, 2.05) is 0 Å². The van der Waals surface area contributed by atoms with Gasteiger partial charge in [0.1, 0.15) is 4.90 Å². The lowest BCUT2D eigenvalue weighted by Crippen LogP contribution is -2.54. The number of sulfonamides is 1. The van der Waals surface area contributed by atoms with Gasteiger partial charge in [-0.25, -0.2) is 17.4 Å². The van der Waals surface area contributed by atoms with Gasteiger partial charge in [-0.3, -0.25) is 9.98 Å². The minimum Gasteiger partial charge on any atom is -0.285 e. The van der Waals surface area contributed by atoms with Crippen molar-refractivity contribution in [1.82, 2.24) is 14.6 Å². The van der Waals surface area contributed by atoms with Crippen LogP contribution in [0.2, 0.25) is 0 Å². The summed E-state index contributed by atoms with van der Waals surface area (Å²) in [5.74, 6) is 2.51. The highest BCUT2D eigenvalue weighted by Gasteiger charge is 2.61. The summed E-state index contributed by atoms with van der Waals surface area (Å²) < 4.78 is 65.1. The number of anilines is 1. The third-order valence-electron chi connectivity index (χ3n) is 12.0. The van der Waals surface area contributed by atoms with Crippen molar-refractivity contribution in [2.45, 2.75) is 88.7 Å². The van der Waals surface area contributed by atoms with Crippen LogP contribution in [0, 0.1) is 40.4 Å². The zero-order valence-electron chi connectivity index (χ0n) is 25.1. The van der Waals surface area contributed by atoms with E-state index in [2.05, 4.69) is 36.5 Å². The molecule has 2 N–H and O–H groups in total. The molecule has 0 saturated heterocycles. The molecule has 4 fully saturated rings. The topological polar surface area (TPSA) is 155 Å². The lowest BCUT2D eigenvalue weighted by molar-refractivity contribution is -0.106. The number of hydrazone groups is 1. The average Bonchev–Trinajstić information content (AvgIpc) is 3.55. The molecule has 11 nitrogen and oxygen atoms in total. The summed E-state index contributed by atoms with van der Waals surface area (Å²) in [6, 6.07) is 3.16. The second-order valence-corrected chi connectivity index (χ2v) is 17.8. The maximum absolute atomic E-state index is 12.8. The molecule has 232 valence electrons. The molecule has 1 heterocycles. The summed E-state index contributed by atoms with van der Waals surface area (Å²) in [5, 5.41) is 12.0. The molecule has 0 aliphatic heterocycles. The monoisotopic (exact) mass is 621 g/mol. The van der Waals surface area contributed by atoms with E-state index in [4.69, 9.17) is 9.73 Å². The van der Waals surface area contributed by atoms with E-state index < -0.39 is 25.4 Å². The van der Waals surface area contributed by atoms with Gasteiger partial charge in [-0.05, 0) is 122 Å². The molecule has 0 unspecified atom stereocenters. The molecule has 0 radical (unpaired) electrons. The Balaban J connectivity index is 1.20. The third-order valence-corrected chi connectivity index (χ3v) is 15.2. The summed E-state index contributed by atoms with van der Waals surface area (Å²) in [4.78, 5) is 0.0350. The lowest BCUT2D eigenvalue weighted by Gasteiger charge is -2.61. The first-order valence-corrected chi connectivity index (χ1v) is 18.1. The van der Waals surface area contributed by atoms with Crippen LogP contribution in [0.4, 0.5) is 5.69 Å². The van der Waals surface area contributed by atoms with Crippen molar-refractivity contribution in [1.29, 1.82) is 0 Å². The second kappa shape index (κ2) is 10.2. The van der Waals surface area contributed by atoms with Crippen LogP contribution in [0.15, 0.2) is 26.8 Å². The maximum Gasteiger partial charge on any atom is 0.267 e. The van der Waals surface area contributed by atoms with Gasteiger partial charge in [-0.2, -0.15) is 13.5 Å². The number of fused-ring (bicyclic) bond motifs is 6. The number of hydrogen-bond donors (Lipinski definition) is 2. The smallest absolute Gasteiger partial charge is 0.267 e. The molecule has 2 aromatic rings. The molecule has 4 saturated carbocycles. The summed E-state index contributed by atoms with van der Waals surface area (Å²) in [6.07, 6.45) is 8.71. The minimum atomic E-state index is -3.98. The average molecular weight is 622 g/mol. The van der Waals surface area contributed by atoms with Gasteiger partial charge in [0, 0.05) is 25.7 Å². The molecule has 4 aliphatic rings. The Morgan fingerprint density at radius 3 is 2.38 bits per heavy atom. The van der Waals surface area contributed by atoms with Crippen LogP contribution in [0.3, 0.4) is 0 Å². The van der Waals surface area contributed by atoms with Crippen LogP contribution in [0.5, 0.6) is 0 Å². The van der Waals surface area contributed by atoms with Crippen LogP contribution < -0.4 is 5.43 Å². The van der Waals surface area contributed by atoms with Crippen molar-refractivity contribution in [3.05, 3.63) is 12.1 Å². The van der Waals surface area contributed by atoms with Crippen LogP contribution in [0.25, 0.3) is 11.0 Å². The molecule has 8 atom stereocenters. The van der Waals surface area contributed by atoms with Gasteiger partial charge < -0.3 is 0 Å². The van der Waals surface area contributed by atoms with Gasteiger partial charge in [0.2, 0.25) is 10.0 Å². The Bertz CT molecular complexity index is 1620. The van der Waals surface area contributed by atoms with E-state index >= 15 is 0 Å². The van der Waals surface area contributed by atoms with E-state index in [1.54, 1.807) is 6.07 Å². The molecule has 6 rings (SSSR count). The number of nitrogens with one attached hydrogen (secondary N) is 1. The maximum atomic E-state index is 12.8. The van der Waals surface area contributed by atoms with Crippen molar-refractivity contribution in [3.63, 3.8) is 0 Å². The van der Waals surface area contributed by atoms with Crippen molar-refractivity contribution in [3.8, 4) is 0 Å². The Morgan fingerprint density at radius 2 is 1.67 bits per heavy atom. The van der Waals surface area contributed by atoms with Crippen molar-refractivity contribution in [2.24, 2.45) is 45.5 Å². The molecular weight excluding hydrogens is 578 g/mol. The van der Waals surface area contributed by atoms with Gasteiger partial charge in [-0.15, -0.1) is 0 Å². The Hall–Kier alpha value is -2.09. The van der Waals surface area contributed by atoms with Gasteiger partial charge >= 0.3 is 0 Å². The first-order valence-electron chi connectivity index (χ1n) is 15.1. The summed E-state index contributed by atoms with van der Waals surface area (Å²) in [5.41, 5.74) is 5.47. The first-order chi connectivity index (χ1) is 19.7. The molecule has 0 amide bonds. The summed E-state index contributed by atoms with van der Waals surface area (Å²) >= 11 is 0. The Kier molecular flexibility index (Phi) is 7.30. The van der Waals surface area contributed by atoms with Gasteiger partial charge in [0.25, 0.3) is 10.1 Å². The number of hydrogen-bond acceptors (Lipinski definition) is 9. The third kappa shape index (κ3) is 4.60. The fourth-order valence-corrected chi connectivity index (χ4v) is 11.6. The number of rotatable bonds is 6. The van der Waals surface area contributed by atoms with Crippen LogP contribution in [-0.4, -0.2) is 61.1 Å². The standard InChI is InChI=1S/C29H43N5O6S2/c1-17(30-31-24-10-11-25(41(35,36)34(4)5)27-26(24)32-40-33-27)21-8-9-22-20-7-6-18-16-19(42(37,38)39)12-14-28(18,2)23(20)13-15-29(21,22)3/h10-11,18-23,31H,6-9,12-16H2,1-5H3,(H,37,38,39)/b30-17+/t18-,19+,20-,21+,22-,23-,28-,29+/m0/s1. The molecule has 0 spiro atoms. The highest BCUT2D eigenvalue weighted by molar-refractivity contribution is 7.89. The predicted octanol–water partition coefficient (Wildman–Crippen LogP) is 5.18. The fraction of sp³-hybridized carbons (Fsp3) is 0.759. The van der Waals surface area contributed by atoms with Crippen LogP contribution >= 0.6 is 0 Å². The largest absolute Gasteiger partial charge is 0.285 e. The van der Waals surface area contributed by atoms with Gasteiger partial charge in [0.05, 0.1) is 10.9 Å². The van der Waals surface area contributed by atoms with Crippen molar-refractivity contribution in [2.75, 3.05) is 19.5 Å². The summed E-state index contributed by atoms with van der Waals surface area (Å²) in [7, 11) is -4.76. The van der Waals surface area contributed by atoms with Crippen molar-refractivity contribution >= 4 is 42.6 Å². The van der Waals surface area contributed by atoms with E-state index in [0.29, 0.717) is 53.6 Å². The Labute approximate surface area is 248 Å². The van der Waals surface area contributed by atoms with Gasteiger partial charge in [-0.1, -0.05) is 13.8 Å². The van der Waals surface area contributed by atoms with E-state index in [-0.39, 0.29) is 21.2 Å². The van der Waals surface area contributed by atoms with E-state index in [1.165, 1.54) is 20.2 Å². The second-order valence-electron chi connectivity index (χ2n) is 14.0. The first kappa shape index (κ1) is 30.0. The normalized spacial score (nSPS) is 37.4. The van der Waals surface area contributed by atoms with E-state index in [9.17, 15) is 21.4 Å². The lowest BCUT2D eigenvalue weighted by atomic mass is 9.44. The predicted molar refractivity (Wildman–Crippen MR) is 160 cm³/mol. The number of benzene rings is 1. The molecular formula is C29H43N5O6S2. The van der Waals surface area contributed by atoms with Crippen molar-refractivity contribution < 1.29 is 26.0 Å². The van der Waals surface area contributed by atoms with Crippen LogP contribution in [0.1, 0.15) is 78.6 Å². The zero-order chi connectivity index (χ0) is 30.2. The quantitative estimate of drug-likeness (QED) is 0.252. The highest BCUT2D eigenvalue weighted by Crippen LogP contribution is 2.67. The van der Waals surface area contributed by atoms with Gasteiger partial charge in [0.15, 0.2) is 11.0 Å². The number of aromatic nitrogens is 2. The molecule has 13 heteroatoms. The molecule has 0 bridgehead atoms. The number of nitrogens with zero attached hydrogens (tertiary/aromatic N) is 4. The Morgan fingerprint density at radius 1 is 0.976 bits per heavy atom. The SMILES string of the molecule is C/C(=N\Nc1ccc(S(=O)(=O)N(C)C)c2nonc12)[C@H]1CC[C@H]2[C@@H]3CC[C@H]4C[C@H](S(=O)(=O)O)CC[C@]4(C)[C@H]3CC[C@]12C. The molecule has 1 aromatic carbocycles. The molecule has 1 aromatic heterocycles. The zero-order valence-corrected chi connectivity index (χ0v) is 26.7. The highest BCUT2D eigenvalue weighted by atomic mass is 32.2. The molecule has 42 heavy (non-hydrogen) atoms. The minimum absolute atomic E-state index is 0.0350. The van der Waals surface area contributed by atoms with Crippen LogP contribution in [-0.2, 0) is 20.1 Å². The fourth-order valence-electron chi connectivity index (χ4n) is 9.74. The summed E-state index contributed by atoms with van der Waals surface area (Å²) in [6.45, 7) is 6.92.